The fourth-order valence-corrected chi connectivity index (χ4v) is 2.69. The Balaban J connectivity index is 1.69. The van der Waals surface area contributed by atoms with Crippen molar-refractivity contribution in [2.75, 3.05) is 13.2 Å². The highest BCUT2D eigenvalue weighted by molar-refractivity contribution is 14.1. The molecule has 0 atom stereocenters. The molecule has 0 aliphatic carbocycles. The number of carbonyl (C=O) groups excluding carboxylic acids is 1. The van der Waals surface area contributed by atoms with Crippen molar-refractivity contribution in [2.24, 2.45) is 0 Å². The molecule has 3 rings (SSSR count). The first-order valence-electron chi connectivity index (χ1n) is 6.40. The minimum Gasteiger partial charge on any atom is -0.493 e. The molecule has 2 aromatic rings. The number of benzene rings is 2. The van der Waals surface area contributed by atoms with Crippen LogP contribution in [0, 0.1) is 3.57 Å². The lowest BCUT2D eigenvalue weighted by atomic mass is 10.1. The highest BCUT2D eigenvalue weighted by Gasteiger charge is 2.15. The molecular weight excluding hydrogens is 367 g/mol. The van der Waals surface area contributed by atoms with Gasteiger partial charge in [-0.15, -0.1) is 0 Å². The summed E-state index contributed by atoms with van der Waals surface area (Å²) in [4.78, 5) is 12.2. The van der Waals surface area contributed by atoms with E-state index in [-0.39, 0.29) is 12.4 Å². The maximum atomic E-state index is 12.2. The average molecular weight is 380 g/mol. The summed E-state index contributed by atoms with van der Waals surface area (Å²) in [5.74, 6) is 1.62. The van der Waals surface area contributed by atoms with E-state index in [9.17, 15) is 4.79 Å². The van der Waals surface area contributed by atoms with E-state index < -0.39 is 0 Å². The molecule has 0 fully saturated rings. The van der Waals surface area contributed by atoms with Crippen molar-refractivity contribution in [1.82, 2.24) is 0 Å². The number of fused-ring (bicyclic) bond motifs is 1. The van der Waals surface area contributed by atoms with Crippen LogP contribution < -0.4 is 9.47 Å². The van der Waals surface area contributed by atoms with Gasteiger partial charge in [-0.3, -0.25) is 4.79 Å². The molecular formula is C16H13IO3. The zero-order valence-corrected chi connectivity index (χ0v) is 12.9. The smallest absolute Gasteiger partial charge is 0.200 e. The second-order valence-corrected chi connectivity index (χ2v) is 5.73. The highest BCUT2D eigenvalue weighted by atomic mass is 127. The Bertz CT molecular complexity index is 652. The molecule has 4 heteroatoms. The van der Waals surface area contributed by atoms with E-state index in [1.807, 2.05) is 36.4 Å². The maximum absolute atomic E-state index is 12.2. The molecule has 3 nitrogen and oxygen atoms in total. The number of ketones is 1. The molecule has 0 radical (unpaired) electrons. The summed E-state index contributed by atoms with van der Waals surface area (Å²) in [6.45, 7) is 0.755. The fourth-order valence-electron chi connectivity index (χ4n) is 2.15. The van der Waals surface area contributed by atoms with Crippen LogP contribution in [-0.2, 0) is 6.42 Å². The first kappa shape index (κ1) is 13.4. The molecule has 0 amide bonds. The summed E-state index contributed by atoms with van der Waals surface area (Å²) in [6, 6.07) is 13.2. The van der Waals surface area contributed by atoms with Crippen LogP contribution in [0.2, 0.25) is 0 Å². The third-order valence-electron chi connectivity index (χ3n) is 3.21. The molecule has 20 heavy (non-hydrogen) atoms. The fraction of sp³-hybridized carbons (Fsp3) is 0.188. The summed E-state index contributed by atoms with van der Waals surface area (Å²) < 4.78 is 12.0. The monoisotopic (exact) mass is 380 g/mol. The molecule has 0 saturated heterocycles. The zero-order chi connectivity index (χ0) is 13.9. The Morgan fingerprint density at radius 3 is 2.95 bits per heavy atom. The predicted octanol–water partition coefficient (Wildman–Crippen LogP) is 3.49. The van der Waals surface area contributed by atoms with Gasteiger partial charge < -0.3 is 9.47 Å². The molecule has 0 N–H and O–H groups in total. The normalized spacial score (nSPS) is 12.7. The van der Waals surface area contributed by atoms with Crippen LogP contribution in [0.5, 0.6) is 11.5 Å². The molecule has 0 unspecified atom stereocenters. The van der Waals surface area contributed by atoms with Gasteiger partial charge in [0.25, 0.3) is 0 Å². The molecule has 2 aromatic carbocycles. The molecule has 0 spiro atoms. The standard InChI is InChI=1S/C16H13IO3/c17-13-3-1-2-4-16(13)20-10-14(18)11-5-6-15-12(9-11)7-8-19-15/h1-6,9H,7-8,10H2. The number of hydrogen-bond acceptors (Lipinski definition) is 3. The minimum atomic E-state index is -0.0145. The summed E-state index contributed by atoms with van der Waals surface area (Å²) in [6.07, 6.45) is 0.869. The Hall–Kier alpha value is -1.56. The highest BCUT2D eigenvalue weighted by Crippen LogP contribution is 2.26. The number of hydrogen-bond donors (Lipinski definition) is 0. The van der Waals surface area contributed by atoms with E-state index in [0.717, 1.165) is 27.1 Å². The maximum Gasteiger partial charge on any atom is 0.200 e. The van der Waals surface area contributed by atoms with Gasteiger partial charge in [0.2, 0.25) is 0 Å². The largest absolute Gasteiger partial charge is 0.493 e. The van der Waals surface area contributed by atoms with Crippen LogP contribution >= 0.6 is 22.6 Å². The number of para-hydroxylation sites is 1. The Morgan fingerprint density at radius 1 is 1.25 bits per heavy atom. The summed E-state index contributed by atoms with van der Waals surface area (Å²) in [5, 5.41) is 0. The molecule has 1 heterocycles. The van der Waals surface area contributed by atoms with Crippen LogP contribution in [0.25, 0.3) is 0 Å². The first-order valence-corrected chi connectivity index (χ1v) is 7.48. The number of rotatable bonds is 4. The molecule has 102 valence electrons. The van der Waals surface area contributed by atoms with E-state index in [1.165, 1.54) is 0 Å². The van der Waals surface area contributed by atoms with Gasteiger partial charge in [0.05, 0.1) is 10.2 Å². The summed E-state index contributed by atoms with van der Waals surface area (Å²) in [7, 11) is 0. The van der Waals surface area contributed by atoms with Crippen LogP contribution in [0.1, 0.15) is 15.9 Å². The third kappa shape index (κ3) is 2.80. The number of Topliss-reactive ketones (excluding diaryl/α,β-unsaturated/α-hetero) is 1. The summed E-state index contributed by atoms with van der Waals surface area (Å²) >= 11 is 2.19. The number of carbonyl (C=O) groups is 1. The Kier molecular flexibility index (Phi) is 3.91. The van der Waals surface area contributed by atoms with Gasteiger partial charge in [0, 0.05) is 12.0 Å². The van der Waals surface area contributed by atoms with Crippen LogP contribution in [0.3, 0.4) is 0 Å². The second kappa shape index (κ2) is 5.83. The molecule has 1 aliphatic rings. The topological polar surface area (TPSA) is 35.5 Å². The van der Waals surface area contributed by atoms with E-state index in [2.05, 4.69) is 22.6 Å². The zero-order valence-electron chi connectivity index (χ0n) is 10.8. The van der Waals surface area contributed by atoms with Gasteiger partial charge in [0.1, 0.15) is 11.5 Å². The van der Waals surface area contributed by atoms with E-state index >= 15 is 0 Å². The molecule has 0 saturated carbocycles. The number of halogens is 1. The Labute approximate surface area is 131 Å². The van der Waals surface area contributed by atoms with Gasteiger partial charge in [-0.05, 0) is 58.5 Å². The second-order valence-electron chi connectivity index (χ2n) is 4.56. The molecule has 0 bridgehead atoms. The lowest BCUT2D eigenvalue weighted by molar-refractivity contribution is 0.0921. The van der Waals surface area contributed by atoms with E-state index in [1.54, 1.807) is 6.07 Å². The van der Waals surface area contributed by atoms with Crippen LogP contribution in [0.15, 0.2) is 42.5 Å². The SMILES string of the molecule is O=C(COc1ccccc1I)c1ccc2c(c1)CCO2. The van der Waals surface area contributed by atoms with E-state index in [4.69, 9.17) is 9.47 Å². The molecule has 1 aliphatic heterocycles. The predicted molar refractivity (Wildman–Crippen MR) is 84.6 cm³/mol. The van der Waals surface area contributed by atoms with Crippen molar-refractivity contribution in [3.63, 3.8) is 0 Å². The van der Waals surface area contributed by atoms with Crippen LogP contribution in [0.4, 0.5) is 0 Å². The van der Waals surface area contributed by atoms with Crippen molar-refractivity contribution in [3.8, 4) is 11.5 Å². The van der Waals surface area contributed by atoms with Crippen molar-refractivity contribution < 1.29 is 14.3 Å². The number of ether oxygens (including phenoxy) is 2. The van der Waals surface area contributed by atoms with Crippen LogP contribution in [-0.4, -0.2) is 19.0 Å². The Morgan fingerprint density at radius 2 is 2.10 bits per heavy atom. The molecule has 0 aromatic heterocycles. The lowest BCUT2D eigenvalue weighted by Gasteiger charge is -2.08. The van der Waals surface area contributed by atoms with E-state index in [0.29, 0.717) is 12.2 Å². The average Bonchev–Trinajstić information content (AvgIpc) is 2.93. The van der Waals surface area contributed by atoms with Crippen molar-refractivity contribution >= 4 is 28.4 Å². The van der Waals surface area contributed by atoms with Gasteiger partial charge in [-0.2, -0.15) is 0 Å². The third-order valence-corrected chi connectivity index (χ3v) is 4.10. The minimum absolute atomic E-state index is 0.0145. The first-order chi connectivity index (χ1) is 9.74. The summed E-state index contributed by atoms with van der Waals surface area (Å²) in [5.41, 5.74) is 1.78. The van der Waals surface area contributed by atoms with Gasteiger partial charge in [-0.25, -0.2) is 0 Å². The van der Waals surface area contributed by atoms with Crippen molar-refractivity contribution in [3.05, 3.63) is 57.2 Å². The van der Waals surface area contributed by atoms with Gasteiger partial charge in [0.15, 0.2) is 12.4 Å². The van der Waals surface area contributed by atoms with Crippen molar-refractivity contribution in [1.29, 1.82) is 0 Å². The van der Waals surface area contributed by atoms with Gasteiger partial charge in [-0.1, -0.05) is 12.1 Å². The lowest BCUT2D eigenvalue weighted by Crippen LogP contribution is -2.12. The van der Waals surface area contributed by atoms with Gasteiger partial charge >= 0.3 is 0 Å². The van der Waals surface area contributed by atoms with Crippen molar-refractivity contribution in [2.45, 2.75) is 6.42 Å². The quantitative estimate of drug-likeness (QED) is 0.602.